The fraction of sp³-hybridized carbons (Fsp3) is 0.188. The number of amides is 1. The summed E-state index contributed by atoms with van der Waals surface area (Å²) < 4.78 is 5.06. The third-order valence-corrected chi connectivity index (χ3v) is 3.60. The maximum atomic E-state index is 12.1. The van der Waals surface area contributed by atoms with Crippen molar-refractivity contribution in [1.82, 2.24) is 5.32 Å². The highest BCUT2D eigenvalue weighted by molar-refractivity contribution is 6.37. The zero-order valence-electron chi connectivity index (χ0n) is 11.7. The Kier molecular flexibility index (Phi) is 5.10. The lowest BCUT2D eigenvalue weighted by atomic mass is 10.1. The number of nitrogens with one attached hydrogen (secondary N) is 1. The highest BCUT2D eigenvalue weighted by Crippen LogP contribution is 2.33. The summed E-state index contributed by atoms with van der Waals surface area (Å²) in [6, 6.07) is 11.0. The molecular weight excluding hydrogens is 309 g/mol. The molecule has 2 aromatic rings. The fourth-order valence-corrected chi connectivity index (χ4v) is 2.52. The molecule has 0 aliphatic rings. The van der Waals surface area contributed by atoms with E-state index in [-0.39, 0.29) is 5.91 Å². The summed E-state index contributed by atoms with van der Waals surface area (Å²) in [6.07, 6.45) is 0. The maximum Gasteiger partial charge on any atom is 0.251 e. The Morgan fingerprint density at radius 1 is 1.14 bits per heavy atom. The van der Waals surface area contributed by atoms with Gasteiger partial charge in [-0.05, 0) is 24.6 Å². The van der Waals surface area contributed by atoms with Crippen molar-refractivity contribution < 1.29 is 9.53 Å². The third kappa shape index (κ3) is 3.90. The van der Waals surface area contributed by atoms with E-state index in [9.17, 15) is 4.79 Å². The van der Waals surface area contributed by atoms with E-state index in [2.05, 4.69) is 5.32 Å². The monoisotopic (exact) mass is 323 g/mol. The SMILES string of the molecule is COc1c(Cl)cc(C(=O)NCc2ccc(C)cc2)cc1Cl. The zero-order chi connectivity index (χ0) is 15.4. The van der Waals surface area contributed by atoms with Crippen LogP contribution in [0, 0.1) is 6.92 Å². The second-order valence-corrected chi connectivity index (χ2v) is 5.46. The lowest BCUT2D eigenvalue weighted by molar-refractivity contribution is 0.0951. The van der Waals surface area contributed by atoms with E-state index in [1.54, 1.807) is 0 Å². The highest BCUT2D eigenvalue weighted by atomic mass is 35.5. The molecule has 0 fully saturated rings. The van der Waals surface area contributed by atoms with Crippen molar-refractivity contribution in [2.75, 3.05) is 7.11 Å². The zero-order valence-corrected chi connectivity index (χ0v) is 13.3. The van der Waals surface area contributed by atoms with Crippen LogP contribution in [0.15, 0.2) is 36.4 Å². The van der Waals surface area contributed by atoms with Gasteiger partial charge in [-0.2, -0.15) is 0 Å². The number of benzene rings is 2. The summed E-state index contributed by atoms with van der Waals surface area (Å²) in [5, 5.41) is 3.45. The second kappa shape index (κ2) is 6.83. The number of carbonyl (C=O) groups is 1. The average Bonchev–Trinajstić information content (AvgIpc) is 2.46. The van der Waals surface area contributed by atoms with Crippen LogP contribution in [0.1, 0.15) is 21.5 Å². The molecule has 2 aromatic carbocycles. The Morgan fingerprint density at radius 2 is 1.71 bits per heavy atom. The van der Waals surface area contributed by atoms with Crippen LogP contribution in [-0.4, -0.2) is 13.0 Å². The second-order valence-electron chi connectivity index (χ2n) is 4.64. The van der Waals surface area contributed by atoms with Crippen molar-refractivity contribution >= 4 is 29.1 Å². The van der Waals surface area contributed by atoms with Crippen LogP contribution in [0.4, 0.5) is 0 Å². The topological polar surface area (TPSA) is 38.3 Å². The number of rotatable bonds is 4. The van der Waals surface area contributed by atoms with Crippen molar-refractivity contribution in [3.05, 3.63) is 63.1 Å². The van der Waals surface area contributed by atoms with Crippen LogP contribution < -0.4 is 10.1 Å². The molecule has 0 aliphatic heterocycles. The predicted octanol–water partition coefficient (Wildman–Crippen LogP) is 4.24. The normalized spacial score (nSPS) is 10.3. The van der Waals surface area contributed by atoms with E-state index in [4.69, 9.17) is 27.9 Å². The van der Waals surface area contributed by atoms with Crippen molar-refractivity contribution in [1.29, 1.82) is 0 Å². The average molecular weight is 324 g/mol. The molecule has 0 heterocycles. The molecule has 0 aliphatic carbocycles. The van der Waals surface area contributed by atoms with Gasteiger partial charge in [-0.25, -0.2) is 0 Å². The van der Waals surface area contributed by atoms with E-state index in [1.807, 2.05) is 31.2 Å². The van der Waals surface area contributed by atoms with Crippen LogP contribution in [0.3, 0.4) is 0 Å². The predicted molar refractivity (Wildman–Crippen MR) is 85.4 cm³/mol. The van der Waals surface area contributed by atoms with Crippen molar-refractivity contribution in [2.45, 2.75) is 13.5 Å². The molecule has 1 N–H and O–H groups in total. The van der Waals surface area contributed by atoms with Crippen LogP contribution in [0.2, 0.25) is 10.0 Å². The fourth-order valence-electron chi connectivity index (χ4n) is 1.88. The minimum atomic E-state index is -0.234. The summed E-state index contributed by atoms with van der Waals surface area (Å²) in [4.78, 5) is 12.1. The highest BCUT2D eigenvalue weighted by Gasteiger charge is 2.13. The van der Waals surface area contributed by atoms with Gasteiger partial charge >= 0.3 is 0 Å². The number of halogens is 2. The number of hydrogen-bond donors (Lipinski definition) is 1. The molecule has 0 aromatic heterocycles. The van der Waals surface area contributed by atoms with Crippen LogP contribution in [0.25, 0.3) is 0 Å². The van der Waals surface area contributed by atoms with Gasteiger partial charge in [-0.3, -0.25) is 4.79 Å². The first-order valence-electron chi connectivity index (χ1n) is 6.38. The van der Waals surface area contributed by atoms with Gasteiger partial charge in [0.15, 0.2) is 5.75 Å². The van der Waals surface area contributed by atoms with Gasteiger partial charge in [-0.1, -0.05) is 53.0 Å². The molecular formula is C16H15Cl2NO2. The molecule has 5 heteroatoms. The minimum Gasteiger partial charge on any atom is -0.494 e. The number of hydrogen-bond acceptors (Lipinski definition) is 2. The molecule has 0 atom stereocenters. The van der Waals surface area contributed by atoms with Crippen molar-refractivity contribution in [2.24, 2.45) is 0 Å². The van der Waals surface area contributed by atoms with Crippen molar-refractivity contribution in [3.63, 3.8) is 0 Å². The maximum absolute atomic E-state index is 12.1. The molecule has 0 unspecified atom stereocenters. The number of aryl methyl sites for hydroxylation is 1. The summed E-state index contributed by atoms with van der Waals surface area (Å²) in [5.41, 5.74) is 2.61. The van der Waals surface area contributed by atoms with Crippen LogP contribution >= 0.6 is 23.2 Å². The van der Waals surface area contributed by atoms with Gasteiger partial charge in [-0.15, -0.1) is 0 Å². The van der Waals surface area contributed by atoms with Gasteiger partial charge in [0.05, 0.1) is 17.2 Å². The van der Waals surface area contributed by atoms with Gasteiger partial charge in [0.2, 0.25) is 0 Å². The summed E-state index contributed by atoms with van der Waals surface area (Å²) >= 11 is 12.0. The molecule has 0 saturated carbocycles. The first kappa shape index (κ1) is 15.7. The smallest absolute Gasteiger partial charge is 0.251 e. The quantitative estimate of drug-likeness (QED) is 0.913. The molecule has 0 spiro atoms. The van der Waals surface area contributed by atoms with E-state index >= 15 is 0 Å². The molecule has 3 nitrogen and oxygen atoms in total. The lowest BCUT2D eigenvalue weighted by Crippen LogP contribution is -2.22. The number of ether oxygens (including phenoxy) is 1. The van der Waals surface area contributed by atoms with Gasteiger partial charge in [0.25, 0.3) is 5.91 Å². The Balaban J connectivity index is 2.08. The van der Waals surface area contributed by atoms with E-state index < -0.39 is 0 Å². The van der Waals surface area contributed by atoms with E-state index in [0.717, 1.165) is 5.56 Å². The number of carbonyl (C=O) groups excluding carboxylic acids is 1. The Hall–Kier alpha value is -1.71. The summed E-state index contributed by atoms with van der Waals surface area (Å²) in [7, 11) is 1.48. The van der Waals surface area contributed by atoms with Gasteiger partial charge in [0, 0.05) is 12.1 Å². The molecule has 1 amide bonds. The summed E-state index contributed by atoms with van der Waals surface area (Å²) in [6.45, 7) is 2.46. The third-order valence-electron chi connectivity index (χ3n) is 3.04. The first-order chi connectivity index (χ1) is 10.0. The van der Waals surface area contributed by atoms with Crippen molar-refractivity contribution in [3.8, 4) is 5.75 Å². The Bertz CT molecular complexity index is 631. The summed E-state index contributed by atoms with van der Waals surface area (Å²) in [5.74, 6) is 0.135. The van der Waals surface area contributed by atoms with Gasteiger partial charge < -0.3 is 10.1 Å². The molecule has 21 heavy (non-hydrogen) atoms. The standard InChI is InChI=1S/C16H15Cl2NO2/c1-10-3-5-11(6-4-10)9-19-16(20)12-7-13(17)15(21-2)14(18)8-12/h3-8H,9H2,1-2H3,(H,19,20). The van der Waals surface area contributed by atoms with Crippen LogP contribution in [-0.2, 0) is 6.54 Å². The lowest BCUT2D eigenvalue weighted by Gasteiger charge is -2.09. The molecule has 2 rings (SSSR count). The Labute approximate surface area is 133 Å². The molecule has 110 valence electrons. The first-order valence-corrected chi connectivity index (χ1v) is 7.13. The largest absolute Gasteiger partial charge is 0.494 e. The van der Waals surface area contributed by atoms with Crippen LogP contribution in [0.5, 0.6) is 5.75 Å². The minimum absolute atomic E-state index is 0.234. The number of methoxy groups -OCH3 is 1. The Morgan fingerprint density at radius 3 is 2.24 bits per heavy atom. The van der Waals surface area contributed by atoms with E-state index in [1.165, 1.54) is 24.8 Å². The molecule has 0 saturated heterocycles. The van der Waals surface area contributed by atoms with E-state index in [0.29, 0.717) is 27.9 Å². The van der Waals surface area contributed by atoms with Gasteiger partial charge in [0.1, 0.15) is 0 Å². The molecule has 0 bridgehead atoms. The molecule has 0 radical (unpaired) electrons.